The molecule has 1 aliphatic heterocycles. The first-order chi connectivity index (χ1) is 12.9. The minimum absolute atomic E-state index is 0.0844. The van der Waals surface area contributed by atoms with Crippen LogP contribution in [0.1, 0.15) is 12.8 Å². The number of rotatable bonds is 6. The van der Waals surface area contributed by atoms with E-state index in [0.29, 0.717) is 17.3 Å². The lowest BCUT2D eigenvalue weighted by Crippen LogP contribution is -2.34. The molecule has 1 unspecified atom stereocenters. The van der Waals surface area contributed by atoms with Crippen molar-refractivity contribution in [3.8, 4) is 0 Å². The second-order valence-corrected chi connectivity index (χ2v) is 8.32. The van der Waals surface area contributed by atoms with E-state index in [-0.39, 0.29) is 22.0 Å². The fourth-order valence-corrected chi connectivity index (χ4v) is 3.77. The van der Waals surface area contributed by atoms with E-state index in [1.165, 1.54) is 24.3 Å². The van der Waals surface area contributed by atoms with Crippen LogP contribution in [0.2, 0.25) is 5.15 Å². The molecule has 1 aromatic carbocycles. The maximum absolute atomic E-state index is 12.4. The third kappa shape index (κ3) is 5.73. The quantitative estimate of drug-likeness (QED) is 0.603. The van der Waals surface area contributed by atoms with Crippen molar-refractivity contribution in [2.24, 2.45) is 0 Å². The number of thiocarbonyl (C=S) groups is 1. The summed E-state index contributed by atoms with van der Waals surface area (Å²) >= 11 is 10.9. The number of halogens is 1. The number of hydrogen-bond acceptors (Lipinski definition) is 6. The Morgan fingerprint density at radius 3 is 2.63 bits per heavy atom. The monoisotopic (exact) mass is 427 g/mol. The first-order valence-corrected chi connectivity index (χ1v) is 10.5. The molecule has 0 aliphatic carbocycles. The van der Waals surface area contributed by atoms with Gasteiger partial charge in [0, 0.05) is 18.8 Å². The maximum Gasteiger partial charge on any atom is 0.263 e. The second-order valence-electron chi connectivity index (χ2n) is 5.84. The molecule has 0 radical (unpaired) electrons. The Bertz CT molecular complexity index is 885. The molecule has 0 saturated carbocycles. The zero-order chi connectivity index (χ0) is 19.3. The number of aromatic nitrogens is 2. The molecular formula is C16H18ClN5O3S2. The first-order valence-electron chi connectivity index (χ1n) is 8.21. The summed E-state index contributed by atoms with van der Waals surface area (Å²) < 4.78 is 32.6. The molecule has 3 rings (SSSR count). The van der Waals surface area contributed by atoms with Gasteiger partial charge in [0.05, 0.1) is 11.0 Å². The molecule has 0 amide bonds. The van der Waals surface area contributed by atoms with Gasteiger partial charge in [-0.05, 0) is 61.5 Å². The Morgan fingerprint density at radius 1 is 1.22 bits per heavy atom. The summed E-state index contributed by atoms with van der Waals surface area (Å²) in [5.74, 6) is 0.0844. The predicted octanol–water partition coefficient (Wildman–Crippen LogP) is 2.40. The second kappa shape index (κ2) is 8.79. The fourth-order valence-electron chi connectivity index (χ4n) is 2.47. The molecule has 0 spiro atoms. The zero-order valence-electron chi connectivity index (χ0n) is 14.2. The van der Waals surface area contributed by atoms with E-state index in [1.54, 1.807) is 12.1 Å². The van der Waals surface area contributed by atoms with Crippen molar-refractivity contribution in [2.45, 2.75) is 23.8 Å². The molecule has 1 atom stereocenters. The van der Waals surface area contributed by atoms with Gasteiger partial charge in [-0.1, -0.05) is 11.6 Å². The maximum atomic E-state index is 12.4. The molecule has 8 nitrogen and oxygen atoms in total. The largest absolute Gasteiger partial charge is 0.376 e. The third-order valence-electron chi connectivity index (χ3n) is 3.81. The van der Waals surface area contributed by atoms with Crippen molar-refractivity contribution in [3.63, 3.8) is 0 Å². The molecule has 1 saturated heterocycles. The van der Waals surface area contributed by atoms with Crippen molar-refractivity contribution in [1.29, 1.82) is 0 Å². The van der Waals surface area contributed by atoms with Gasteiger partial charge >= 0.3 is 0 Å². The molecule has 0 bridgehead atoms. The number of anilines is 2. The molecule has 3 N–H and O–H groups in total. The van der Waals surface area contributed by atoms with Gasteiger partial charge in [-0.25, -0.2) is 8.42 Å². The van der Waals surface area contributed by atoms with Crippen LogP contribution in [0.15, 0.2) is 41.3 Å². The molecular weight excluding hydrogens is 410 g/mol. The highest BCUT2D eigenvalue weighted by Gasteiger charge is 2.16. The fraction of sp³-hybridized carbons (Fsp3) is 0.312. The van der Waals surface area contributed by atoms with Gasteiger partial charge in [-0.2, -0.15) is 0 Å². The van der Waals surface area contributed by atoms with Crippen LogP contribution in [0, 0.1) is 0 Å². The average Bonchev–Trinajstić information content (AvgIpc) is 3.16. The minimum Gasteiger partial charge on any atom is -0.376 e. The van der Waals surface area contributed by atoms with Crippen LogP contribution in [0.5, 0.6) is 0 Å². The molecule has 1 fully saturated rings. The summed E-state index contributed by atoms with van der Waals surface area (Å²) in [6.07, 6.45) is 2.27. The van der Waals surface area contributed by atoms with Crippen LogP contribution in [-0.2, 0) is 14.8 Å². The highest BCUT2D eigenvalue weighted by molar-refractivity contribution is 7.92. The number of nitrogens with zero attached hydrogens (tertiary/aromatic N) is 2. The lowest BCUT2D eigenvalue weighted by Gasteiger charge is -2.14. The van der Waals surface area contributed by atoms with Gasteiger partial charge in [0.25, 0.3) is 10.0 Å². The zero-order valence-corrected chi connectivity index (χ0v) is 16.6. The van der Waals surface area contributed by atoms with Gasteiger partial charge in [0.15, 0.2) is 16.1 Å². The van der Waals surface area contributed by atoms with E-state index in [2.05, 4.69) is 25.6 Å². The van der Waals surface area contributed by atoms with Crippen molar-refractivity contribution >= 4 is 50.5 Å². The SMILES string of the molecule is O=S(=O)(Nc1ccc(Cl)nn1)c1ccc(NC(=S)NCC2CCCO2)cc1. The van der Waals surface area contributed by atoms with Gasteiger partial charge in [-0.15, -0.1) is 10.2 Å². The highest BCUT2D eigenvalue weighted by atomic mass is 35.5. The van der Waals surface area contributed by atoms with Crippen molar-refractivity contribution < 1.29 is 13.2 Å². The Morgan fingerprint density at radius 2 is 2.00 bits per heavy atom. The average molecular weight is 428 g/mol. The van der Waals surface area contributed by atoms with E-state index < -0.39 is 10.0 Å². The van der Waals surface area contributed by atoms with Crippen LogP contribution >= 0.6 is 23.8 Å². The van der Waals surface area contributed by atoms with E-state index in [1.807, 2.05) is 0 Å². The summed E-state index contributed by atoms with van der Waals surface area (Å²) in [5, 5.41) is 14.0. The third-order valence-corrected chi connectivity index (χ3v) is 5.63. The molecule has 1 aromatic heterocycles. The summed E-state index contributed by atoms with van der Waals surface area (Å²) in [4.78, 5) is 0.0861. The van der Waals surface area contributed by atoms with Crippen LogP contribution in [0.4, 0.5) is 11.5 Å². The van der Waals surface area contributed by atoms with Crippen LogP contribution in [0.25, 0.3) is 0 Å². The summed E-state index contributed by atoms with van der Waals surface area (Å²) in [7, 11) is -3.78. The standard InChI is InChI=1S/C16H18ClN5O3S2/c17-14-7-8-15(21-20-14)22-27(23,24)13-5-3-11(4-6-13)19-16(26)18-10-12-2-1-9-25-12/h3-8,12H,1-2,9-10H2,(H,21,22)(H2,18,19,26). The van der Waals surface area contributed by atoms with E-state index in [9.17, 15) is 8.42 Å². The summed E-state index contributed by atoms with van der Waals surface area (Å²) in [5.41, 5.74) is 0.671. The van der Waals surface area contributed by atoms with Gasteiger partial charge in [0.1, 0.15) is 0 Å². The lowest BCUT2D eigenvalue weighted by molar-refractivity contribution is 0.114. The summed E-state index contributed by atoms with van der Waals surface area (Å²) in [6, 6.07) is 9.07. The first kappa shape index (κ1) is 19.7. The molecule has 144 valence electrons. The highest BCUT2D eigenvalue weighted by Crippen LogP contribution is 2.17. The number of hydrogen-bond donors (Lipinski definition) is 3. The number of sulfonamides is 1. The van der Waals surface area contributed by atoms with E-state index in [0.717, 1.165) is 19.4 Å². The Labute approximate surface area is 167 Å². The normalized spacial score (nSPS) is 16.7. The van der Waals surface area contributed by atoms with Gasteiger partial charge in [-0.3, -0.25) is 4.72 Å². The Kier molecular flexibility index (Phi) is 6.42. The molecule has 1 aliphatic rings. The topological polar surface area (TPSA) is 105 Å². The number of nitrogens with one attached hydrogen (secondary N) is 3. The Balaban J connectivity index is 1.56. The van der Waals surface area contributed by atoms with Crippen LogP contribution in [-0.4, -0.2) is 43.0 Å². The minimum atomic E-state index is -3.78. The molecule has 2 aromatic rings. The van der Waals surface area contributed by atoms with Gasteiger partial charge in [0.2, 0.25) is 0 Å². The predicted molar refractivity (Wildman–Crippen MR) is 107 cm³/mol. The summed E-state index contributed by atoms with van der Waals surface area (Å²) in [6.45, 7) is 1.43. The smallest absolute Gasteiger partial charge is 0.263 e. The van der Waals surface area contributed by atoms with E-state index >= 15 is 0 Å². The number of ether oxygens (including phenoxy) is 1. The van der Waals surface area contributed by atoms with Gasteiger partial charge < -0.3 is 15.4 Å². The van der Waals surface area contributed by atoms with Crippen LogP contribution < -0.4 is 15.4 Å². The number of benzene rings is 1. The van der Waals surface area contributed by atoms with E-state index in [4.69, 9.17) is 28.6 Å². The Hall–Kier alpha value is -2.01. The van der Waals surface area contributed by atoms with Crippen molar-refractivity contribution in [3.05, 3.63) is 41.6 Å². The van der Waals surface area contributed by atoms with Crippen LogP contribution in [0.3, 0.4) is 0 Å². The van der Waals surface area contributed by atoms with Crippen molar-refractivity contribution in [1.82, 2.24) is 15.5 Å². The van der Waals surface area contributed by atoms with Crippen molar-refractivity contribution in [2.75, 3.05) is 23.2 Å². The molecule has 27 heavy (non-hydrogen) atoms. The molecule has 2 heterocycles. The lowest BCUT2D eigenvalue weighted by atomic mass is 10.2. The molecule has 11 heteroatoms.